The van der Waals surface area contributed by atoms with Crippen molar-refractivity contribution in [3.05, 3.63) is 23.8 Å². The molecule has 0 bridgehead atoms. The van der Waals surface area contributed by atoms with Gasteiger partial charge < -0.3 is 15.2 Å². The van der Waals surface area contributed by atoms with Gasteiger partial charge in [-0.25, -0.2) is 0 Å². The Bertz CT molecular complexity index is 339. The lowest BCUT2D eigenvalue weighted by Crippen LogP contribution is -2.30. The minimum atomic E-state index is 0.646. The number of rotatable bonds is 4. The summed E-state index contributed by atoms with van der Waals surface area (Å²) < 4.78 is 10.4. The lowest BCUT2D eigenvalue weighted by molar-refractivity contribution is 0.0455. The first kappa shape index (κ1) is 10.6. The Balaban J connectivity index is 1.99. The largest absolute Gasteiger partial charge is 0.496 e. The molecular formula is C11H15NO2S. The monoisotopic (exact) mass is 225 g/mol. The normalized spacial score (nSPS) is 16.1. The summed E-state index contributed by atoms with van der Waals surface area (Å²) in [7, 11) is 1.68. The molecule has 2 N–H and O–H groups in total. The van der Waals surface area contributed by atoms with Crippen molar-refractivity contribution < 1.29 is 9.47 Å². The first-order chi connectivity index (χ1) is 7.29. The minimum absolute atomic E-state index is 0.646. The van der Waals surface area contributed by atoms with Gasteiger partial charge in [-0.15, -0.1) is 11.8 Å². The number of anilines is 1. The molecule has 1 aliphatic heterocycles. The lowest BCUT2D eigenvalue weighted by atomic mass is 10.2. The standard InChI is InChI=1S/C11H15NO2S/c1-13-11-4-9(12)3-2-8(11)7-15-10-5-14-6-10/h2-4,10H,5-7,12H2,1H3. The van der Waals surface area contributed by atoms with Crippen molar-refractivity contribution in [2.75, 3.05) is 26.1 Å². The average molecular weight is 225 g/mol. The van der Waals surface area contributed by atoms with E-state index in [4.69, 9.17) is 15.2 Å². The fourth-order valence-corrected chi connectivity index (χ4v) is 2.44. The van der Waals surface area contributed by atoms with E-state index in [9.17, 15) is 0 Å². The number of hydrogen-bond donors (Lipinski definition) is 1. The Morgan fingerprint density at radius 1 is 1.53 bits per heavy atom. The number of nitrogens with two attached hydrogens (primary N) is 1. The highest BCUT2D eigenvalue weighted by Gasteiger charge is 2.19. The summed E-state index contributed by atoms with van der Waals surface area (Å²) in [5, 5.41) is 0.646. The minimum Gasteiger partial charge on any atom is -0.496 e. The maximum Gasteiger partial charge on any atom is 0.124 e. The van der Waals surface area contributed by atoms with Crippen LogP contribution in [-0.4, -0.2) is 25.6 Å². The number of benzene rings is 1. The van der Waals surface area contributed by atoms with Crippen LogP contribution in [0.4, 0.5) is 5.69 Å². The average Bonchev–Trinajstić information content (AvgIpc) is 2.17. The van der Waals surface area contributed by atoms with Crippen molar-refractivity contribution in [1.29, 1.82) is 0 Å². The first-order valence-corrected chi connectivity index (χ1v) is 5.96. The van der Waals surface area contributed by atoms with Gasteiger partial charge in [0.2, 0.25) is 0 Å². The van der Waals surface area contributed by atoms with E-state index in [-0.39, 0.29) is 0 Å². The van der Waals surface area contributed by atoms with Gasteiger partial charge in [0, 0.05) is 23.1 Å². The van der Waals surface area contributed by atoms with Crippen molar-refractivity contribution >= 4 is 17.4 Å². The van der Waals surface area contributed by atoms with Gasteiger partial charge in [-0.2, -0.15) is 0 Å². The molecular weight excluding hydrogens is 210 g/mol. The Kier molecular flexibility index (Phi) is 3.38. The molecule has 1 aromatic carbocycles. The molecule has 0 radical (unpaired) electrons. The summed E-state index contributed by atoms with van der Waals surface area (Å²) in [6, 6.07) is 5.81. The van der Waals surface area contributed by atoms with Gasteiger partial charge >= 0.3 is 0 Å². The van der Waals surface area contributed by atoms with Gasteiger partial charge in [-0.1, -0.05) is 6.07 Å². The topological polar surface area (TPSA) is 44.5 Å². The maximum atomic E-state index is 5.69. The SMILES string of the molecule is COc1cc(N)ccc1CSC1COC1. The van der Waals surface area contributed by atoms with E-state index in [0.717, 1.165) is 30.4 Å². The zero-order valence-electron chi connectivity index (χ0n) is 8.73. The second-order valence-electron chi connectivity index (χ2n) is 3.54. The molecule has 0 aliphatic carbocycles. The number of nitrogen functional groups attached to an aromatic ring is 1. The first-order valence-electron chi connectivity index (χ1n) is 4.91. The van der Waals surface area contributed by atoms with Crippen LogP contribution in [0.25, 0.3) is 0 Å². The van der Waals surface area contributed by atoms with Crippen LogP contribution in [0.5, 0.6) is 5.75 Å². The Morgan fingerprint density at radius 2 is 2.33 bits per heavy atom. The highest BCUT2D eigenvalue weighted by molar-refractivity contribution is 7.99. The van der Waals surface area contributed by atoms with E-state index in [1.807, 2.05) is 30.0 Å². The number of methoxy groups -OCH3 is 1. The molecule has 0 aromatic heterocycles. The molecule has 4 heteroatoms. The van der Waals surface area contributed by atoms with Crippen LogP contribution >= 0.6 is 11.8 Å². The van der Waals surface area contributed by atoms with Crippen LogP contribution in [0, 0.1) is 0 Å². The molecule has 3 nitrogen and oxygen atoms in total. The Hall–Kier alpha value is -0.870. The van der Waals surface area contributed by atoms with E-state index in [2.05, 4.69) is 0 Å². The third kappa shape index (κ3) is 2.58. The summed E-state index contributed by atoms with van der Waals surface area (Å²) in [6.07, 6.45) is 0. The lowest BCUT2D eigenvalue weighted by Gasteiger charge is -2.25. The quantitative estimate of drug-likeness (QED) is 0.795. The summed E-state index contributed by atoms with van der Waals surface area (Å²) >= 11 is 1.91. The molecule has 0 unspecified atom stereocenters. The molecule has 15 heavy (non-hydrogen) atoms. The molecule has 1 aliphatic rings. The fourth-order valence-electron chi connectivity index (χ4n) is 1.40. The summed E-state index contributed by atoms with van der Waals surface area (Å²) in [6.45, 7) is 1.75. The van der Waals surface area contributed by atoms with Crippen LogP contribution < -0.4 is 10.5 Å². The van der Waals surface area contributed by atoms with Crippen molar-refractivity contribution in [2.45, 2.75) is 11.0 Å². The zero-order chi connectivity index (χ0) is 10.7. The van der Waals surface area contributed by atoms with Gasteiger partial charge in [-0.05, 0) is 6.07 Å². The maximum absolute atomic E-state index is 5.69. The van der Waals surface area contributed by atoms with E-state index in [1.54, 1.807) is 7.11 Å². The summed E-state index contributed by atoms with van der Waals surface area (Å²) in [4.78, 5) is 0. The molecule has 1 aromatic rings. The fraction of sp³-hybridized carbons (Fsp3) is 0.455. The van der Waals surface area contributed by atoms with Crippen LogP contribution in [-0.2, 0) is 10.5 Å². The van der Waals surface area contributed by atoms with Crippen LogP contribution in [0.3, 0.4) is 0 Å². The molecule has 0 saturated carbocycles. The van der Waals surface area contributed by atoms with Gasteiger partial charge in [-0.3, -0.25) is 0 Å². The predicted molar refractivity (Wildman–Crippen MR) is 63.3 cm³/mol. The highest BCUT2D eigenvalue weighted by Crippen LogP contribution is 2.29. The van der Waals surface area contributed by atoms with Gasteiger partial charge in [0.1, 0.15) is 5.75 Å². The molecule has 0 atom stereocenters. The van der Waals surface area contributed by atoms with E-state index in [1.165, 1.54) is 5.56 Å². The van der Waals surface area contributed by atoms with E-state index < -0.39 is 0 Å². The highest BCUT2D eigenvalue weighted by atomic mass is 32.2. The third-order valence-electron chi connectivity index (χ3n) is 2.39. The van der Waals surface area contributed by atoms with Crippen molar-refractivity contribution in [3.8, 4) is 5.75 Å². The molecule has 2 rings (SSSR count). The molecule has 1 saturated heterocycles. The number of ether oxygens (including phenoxy) is 2. The molecule has 1 fully saturated rings. The van der Waals surface area contributed by atoms with Gasteiger partial charge in [0.25, 0.3) is 0 Å². The third-order valence-corrected chi connectivity index (χ3v) is 3.61. The summed E-state index contributed by atoms with van der Waals surface area (Å²) in [5.41, 5.74) is 7.63. The molecule has 0 amide bonds. The molecule has 1 heterocycles. The number of hydrogen-bond acceptors (Lipinski definition) is 4. The Labute approximate surface area is 93.9 Å². The zero-order valence-corrected chi connectivity index (χ0v) is 9.55. The van der Waals surface area contributed by atoms with E-state index in [0.29, 0.717) is 5.25 Å². The van der Waals surface area contributed by atoms with E-state index >= 15 is 0 Å². The second-order valence-corrected chi connectivity index (χ2v) is 4.83. The molecule has 0 spiro atoms. The van der Waals surface area contributed by atoms with Crippen LogP contribution in [0.2, 0.25) is 0 Å². The Morgan fingerprint density at radius 3 is 2.93 bits per heavy atom. The van der Waals surface area contributed by atoms with Crippen molar-refractivity contribution in [2.24, 2.45) is 0 Å². The van der Waals surface area contributed by atoms with Crippen LogP contribution in [0.15, 0.2) is 18.2 Å². The summed E-state index contributed by atoms with van der Waals surface area (Å²) in [5.74, 6) is 1.83. The smallest absolute Gasteiger partial charge is 0.124 e. The van der Waals surface area contributed by atoms with Gasteiger partial charge in [0.05, 0.1) is 25.6 Å². The second kappa shape index (κ2) is 4.77. The number of thioether (sulfide) groups is 1. The molecule has 82 valence electrons. The van der Waals surface area contributed by atoms with Crippen LogP contribution in [0.1, 0.15) is 5.56 Å². The van der Waals surface area contributed by atoms with Gasteiger partial charge in [0.15, 0.2) is 0 Å². The van der Waals surface area contributed by atoms with Crippen molar-refractivity contribution in [3.63, 3.8) is 0 Å². The van der Waals surface area contributed by atoms with Crippen molar-refractivity contribution in [1.82, 2.24) is 0 Å². The predicted octanol–water partition coefficient (Wildman–Crippen LogP) is 1.91.